The summed E-state index contributed by atoms with van der Waals surface area (Å²) in [6.45, 7) is 1.53. The Morgan fingerprint density at radius 1 is 1.37 bits per heavy atom. The minimum atomic E-state index is -2.92. The molecule has 27 heavy (non-hydrogen) atoms. The zero-order chi connectivity index (χ0) is 20.3. The van der Waals surface area contributed by atoms with E-state index in [1.807, 2.05) is 0 Å². The van der Waals surface area contributed by atoms with Gasteiger partial charge in [0.1, 0.15) is 11.6 Å². The van der Waals surface area contributed by atoms with Gasteiger partial charge in [-0.15, -0.1) is 0 Å². The molecule has 11 heteroatoms. The Morgan fingerprint density at radius 3 is 2.59 bits per heavy atom. The molecular weight excluding hydrogens is 450 g/mol. The molecule has 7 nitrogen and oxygen atoms in total. The molecule has 0 aliphatic carbocycles. The summed E-state index contributed by atoms with van der Waals surface area (Å²) in [6, 6.07) is 0.701. The van der Waals surface area contributed by atoms with E-state index in [0.29, 0.717) is 4.47 Å². The van der Waals surface area contributed by atoms with Crippen LogP contribution in [0.4, 0.5) is 8.78 Å². The van der Waals surface area contributed by atoms with Gasteiger partial charge in [0.15, 0.2) is 0 Å². The van der Waals surface area contributed by atoms with Crippen LogP contribution in [0.25, 0.3) is 0 Å². The zero-order valence-corrected chi connectivity index (χ0v) is 16.9. The Kier molecular flexibility index (Phi) is 6.88. The molecule has 0 aliphatic rings. The Bertz CT molecular complexity index is 862. The number of nitrogens with one attached hydrogen (secondary N) is 1. The highest BCUT2D eigenvalue weighted by atomic mass is 79.9. The van der Waals surface area contributed by atoms with Crippen LogP contribution in [0.2, 0.25) is 5.02 Å². The van der Waals surface area contributed by atoms with Crippen LogP contribution in [-0.2, 0) is 16.6 Å². The Morgan fingerprint density at radius 2 is 2.04 bits per heavy atom. The number of hydrogen-bond donors (Lipinski definition) is 1. The van der Waals surface area contributed by atoms with Gasteiger partial charge in [-0.1, -0.05) is 11.6 Å². The fourth-order valence-electron chi connectivity index (χ4n) is 2.54. The summed E-state index contributed by atoms with van der Waals surface area (Å²) in [7, 11) is 2.61. The number of aromatic nitrogens is 3. The summed E-state index contributed by atoms with van der Waals surface area (Å²) < 4.78 is 32.7. The Balaban J connectivity index is 2.32. The van der Waals surface area contributed by atoms with Crippen molar-refractivity contribution < 1.29 is 23.1 Å². The second-order valence-corrected chi connectivity index (χ2v) is 7.01. The molecule has 0 bridgehead atoms. The van der Waals surface area contributed by atoms with Crippen molar-refractivity contribution in [1.29, 1.82) is 0 Å². The number of nitrogens with zero attached hydrogens (tertiary/aromatic N) is 3. The molecule has 0 spiro atoms. The number of carbonyl (C=O) groups is 2. The topological polar surface area (TPSA) is 86.1 Å². The number of ether oxygens (including phenoxy) is 1. The molecule has 0 saturated heterocycles. The van der Waals surface area contributed by atoms with Crippen LogP contribution in [0.15, 0.2) is 22.9 Å². The number of halogens is 4. The van der Waals surface area contributed by atoms with Gasteiger partial charge in [-0.25, -0.2) is 8.78 Å². The number of esters is 1. The monoisotopic (exact) mass is 464 g/mol. The summed E-state index contributed by atoms with van der Waals surface area (Å²) in [6.07, 6.45) is -0.287. The van der Waals surface area contributed by atoms with Gasteiger partial charge >= 0.3 is 5.97 Å². The molecular formula is C16H16BrClF2N4O3. The zero-order valence-electron chi connectivity index (χ0n) is 14.5. The van der Waals surface area contributed by atoms with Gasteiger partial charge in [0.2, 0.25) is 0 Å². The van der Waals surface area contributed by atoms with Gasteiger partial charge in [0.05, 0.1) is 23.4 Å². The lowest BCUT2D eigenvalue weighted by molar-refractivity contribution is -0.143. The van der Waals surface area contributed by atoms with Gasteiger partial charge in [-0.2, -0.15) is 5.10 Å². The van der Waals surface area contributed by atoms with Crippen LogP contribution >= 0.6 is 27.5 Å². The summed E-state index contributed by atoms with van der Waals surface area (Å²) in [4.78, 5) is 28.9. The Hall–Kier alpha value is -2.07. The average molecular weight is 466 g/mol. The van der Waals surface area contributed by atoms with Crippen LogP contribution in [0.5, 0.6) is 0 Å². The van der Waals surface area contributed by atoms with Crippen molar-refractivity contribution in [3.05, 3.63) is 44.9 Å². The van der Waals surface area contributed by atoms with Crippen molar-refractivity contribution in [2.75, 3.05) is 7.11 Å². The van der Waals surface area contributed by atoms with Gasteiger partial charge in [0, 0.05) is 30.0 Å². The first-order valence-electron chi connectivity index (χ1n) is 7.67. The predicted octanol–water partition coefficient (Wildman–Crippen LogP) is 3.24. The van der Waals surface area contributed by atoms with Gasteiger partial charge < -0.3 is 10.1 Å². The van der Waals surface area contributed by atoms with E-state index in [4.69, 9.17) is 16.3 Å². The number of methoxy groups -OCH3 is 1. The minimum Gasteiger partial charge on any atom is -0.468 e. The maximum Gasteiger partial charge on any atom is 0.316 e. The number of aryl methyl sites for hydroxylation is 1. The highest BCUT2D eigenvalue weighted by molar-refractivity contribution is 9.10. The summed E-state index contributed by atoms with van der Waals surface area (Å²) >= 11 is 9.39. The number of alkyl halides is 2. The van der Waals surface area contributed by atoms with E-state index in [0.717, 1.165) is 4.68 Å². The second kappa shape index (κ2) is 8.75. The van der Waals surface area contributed by atoms with E-state index in [1.54, 1.807) is 6.07 Å². The first-order chi connectivity index (χ1) is 12.6. The van der Waals surface area contributed by atoms with Crippen molar-refractivity contribution in [3.63, 3.8) is 0 Å². The van der Waals surface area contributed by atoms with Crippen molar-refractivity contribution in [2.45, 2.75) is 25.3 Å². The van der Waals surface area contributed by atoms with Crippen molar-refractivity contribution >= 4 is 39.4 Å². The lowest BCUT2D eigenvalue weighted by Gasteiger charge is -2.23. The van der Waals surface area contributed by atoms with Crippen LogP contribution in [0.3, 0.4) is 0 Å². The summed E-state index contributed by atoms with van der Waals surface area (Å²) in [5.41, 5.74) is -0.728. The molecule has 2 rings (SSSR count). The third kappa shape index (κ3) is 4.81. The molecule has 2 heterocycles. The molecule has 0 aromatic carbocycles. The van der Waals surface area contributed by atoms with E-state index in [-0.39, 0.29) is 16.3 Å². The fourth-order valence-corrected chi connectivity index (χ4v) is 3.29. The molecule has 2 atom stereocenters. The first kappa shape index (κ1) is 21.2. The molecule has 0 radical (unpaired) electrons. The van der Waals surface area contributed by atoms with E-state index in [1.165, 1.54) is 33.5 Å². The molecule has 1 amide bonds. The van der Waals surface area contributed by atoms with E-state index >= 15 is 0 Å². The van der Waals surface area contributed by atoms with Gasteiger partial charge in [0.25, 0.3) is 12.3 Å². The standard InChI is InChI=1S/C16H16BrClF2N4O3/c1-7(22-15(25)9-6-24(2)23-12(9)14(19)20)11(16(26)27-3)13-10(18)4-8(17)5-21-13/h4-7,11,14H,1-3H3,(H,22,25). The SMILES string of the molecule is COC(=O)C(c1ncc(Br)cc1Cl)C(C)NC(=O)c1cn(C)nc1C(F)F. The van der Waals surface area contributed by atoms with Crippen molar-refractivity contribution in [3.8, 4) is 0 Å². The Labute approximate surface area is 167 Å². The number of pyridine rings is 1. The van der Waals surface area contributed by atoms with Crippen molar-refractivity contribution in [2.24, 2.45) is 7.05 Å². The highest BCUT2D eigenvalue weighted by Crippen LogP contribution is 2.29. The van der Waals surface area contributed by atoms with Crippen LogP contribution in [0, 0.1) is 0 Å². The lowest BCUT2D eigenvalue weighted by atomic mass is 9.96. The number of rotatable bonds is 6. The largest absolute Gasteiger partial charge is 0.468 e. The number of carbonyl (C=O) groups excluding carboxylic acids is 2. The summed E-state index contributed by atoms with van der Waals surface area (Å²) in [5.74, 6) is -2.51. The lowest BCUT2D eigenvalue weighted by Crippen LogP contribution is -2.41. The van der Waals surface area contributed by atoms with Gasteiger partial charge in [-0.3, -0.25) is 19.3 Å². The van der Waals surface area contributed by atoms with Gasteiger partial charge in [-0.05, 0) is 28.9 Å². The van der Waals surface area contributed by atoms with Crippen molar-refractivity contribution in [1.82, 2.24) is 20.1 Å². The first-order valence-corrected chi connectivity index (χ1v) is 8.84. The third-order valence-corrected chi connectivity index (χ3v) is 4.49. The molecule has 146 valence electrons. The normalized spacial score (nSPS) is 13.3. The second-order valence-electron chi connectivity index (χ2n) is 5.69. The van der Waals surface area contributed by atoms with Crippen LogP contribution < -0.4 is 5.32 Å². The summed E-state index contributed by atoms with van der Waals surface area (Å²) in [5, 5.41) is 6.31. The van der Waals surface area contributed by atoms with Crippen LogP contribution in [-0.4, -0.2) is 39.8 Å². The predicted molar refractivity (Wildman–Crippen MR) is 96.8 cm³/mol. The highest BCUT2D eigenvalue weighted by Gasteiger charge is 2.33. The van der Waals surface area contributed by atoms with E-state index in [2.05, 4.69) is 31.3 Å². The smallest absolute Gasteiger partial charge is 0.316 e. The molecule has 2 aromatic rings. The number of amides is 1. The average Bonchev–Trinajstić information content (AvgIpc) is 2.99. The van der Waals surface area contributed by atoms with E-state index < -0.39 is 36.0 Å². The quantitative estimate of drug-likeness (QED) is 0.662. The molecule has 2 aromatic heterocycles. The molecule has 0 aliphatic heterocycles. The molecule has 0 saturated carbocycles. The molecule has 0 fully saturated rings. The van der Waals surface area contributed by atoms with Crippen LogP contribution in [0.1, 0.15) is 41.0 Å². The minimum absolute atomic E-state index is 0.190. The molecule has 1 N–H and O–H groups in total. The number of hydrogen-bond acceptors (Lipinski definition) is 5. The van der Waals surface area contributed by atoms with E-state index in [9.17, 15) is 18.4 Å². The maximum atomic E-state index is 13.1. The maximum absolute atomic E-state index is 13.1. The molecule has 2 unspecified atom stereocenters. The fraction of sp³-hybridized carbons (Fsp3) is 0.375. The third-order valence-electron chi connectivity index (χ3n) is 3.75.